The molecular formula is C24H24N2. The number of fused-ring (bicyclic) bond motifs is 4. The Kier molecular flexibility index (Phi) is 3.66. The number of aromatic nitrogens is 1. The molecule has 3 aromatic rings. The van der Waals surface area contributed by atoms with Gasteiger partial charge in [-0.2, -0.15) is 0 Å². The van der Waals surface area contributed by atoms with Crippen LogP contribution in [0.5, 0.6) is 0 Å². The van der Waals surface area contributed by atoms with Crippen LogP contribution >= 0.6 is 0 Å². The summed E-state index contributed by atoms with van der Waals surface area (Å²) in [4.78, 5) is 10.3. The number of pyridine rings is 1. The highest BCUT2D eigenvalue weighted by atomic mass is 14.8. The summed E-state index contributed by atoms with van der Waals surface area (Å²) in [6, 6.07) is 15.8. The van der Waals surface area contributed by atoms with E-state index in [1.165, 1.54) is 71.0 Å². The van der Waals surface area contributed by atoms with Gasteiger partial charge in [-0.1, -0.05) is 37.5 Å². The molecule has 2 aromatic carbocycles. The Hall–Kier alpha value is -2.48. The lowest BCUT2D eigenvalue weighted by atomic mass is 9.95. The largest absolute Gasteiger partial charge is 0.281 e. The van der Waals surface area contributed by atoms with Crippen LogP contribution in [0.4, 0.5) is 0 Å². The van der Waals surface area contributed by atoms with Gasteiger partial charge in [-0.25, -0.2) is 4.98 Å². The van der Waals surface area contributed by atoms with Crippen LogP contribution in [0.25, 0.3) is 22.2 Å². The van der Waals surface area contributed by atoms with E-state index in [1.54, 1.807) is 0 Å². The first kappa shape index (κ1) is 15.7. The summed E-state index contributed by atoms with van der Waals surface area (Å²) < 4.78 is 0. The molecule has 1 aromatic heterocycles. The lowest BCUT2D eigenvalue weighted by Crippen LogP contribution is -2.13. The van der Waals surface area contributed by atoms with Crippen LogP contribution in [0.1, 0.15) is 54.4 Å². The number of aliphatic imine (C=N–C) groups is 1. The molecule has 0 atom stereocenters. The Morgan fingerprint density at radius 1 is 0.846 bits per heavy atom. The Balaban J connectivity index is 1.76. The molecule has 0 bridgehead atoms. The summed E-state index contributed by atoms with van der Waals surface area (Å²) in [7, 11) is 0. The number of aryl methyl sites for hydroxylation is 2. The smallest absolute Gasteiger partial charge is 0.0810 e. The summed E-state index contributed by atoms with van der Waals surface area (Å²) in [5, 5.41) is 1.20. The SMILES string of the molecule is Cc1cc2c(cc1C)-c1nc3ccccc3cc1C2=NC1CCCCC1. The molecule has 0 saturated heterocycles. The summed E-state index contributed by atoms with van der Waals surface area (Å²) in [5.74, 6) is 0. The van der Waals surface area contributed by atoms with Crippen LogP contribution in [0.3, 0.4) is 0 Å². The third-order valence-electron chi connectivity index (χ3n) is 6.01. The van der Waals surface area contributed by atoms with Crippen LogP contribution in [0.2, 0.25) is 0 Å². The van der Waals surface area contributed by atoms with E-state index >= 15 is 0 Å². The Bertz CT molecular complexity index is 1040. The van der Waals surface area contributed by atoms with E-state index in [2.05, 4.69) is 56.3 Å². The van der Waals surface area contributed by atoms with Crippen molar-refractivity contribution in [2.45, 2.75) is 52.0 Å². The van der Waals surface area contributed by atoms with E-state index in [0.717, 1.165) is 11.2 Å². The van der Waals surface area contributed by atoms with Crippen molar-refractivity contribution < 1.29 is 0 Å². The molecule has 0 spiro atoms. The average Bonchev–Trinajstić information content (AvgIpc) is 2.94. The molecule has 1 saturated carbocycles. The summed E-state index contributed by atoms with van der Waals surface area (Å²) in [5.41, 5.74) is 9.74. The normalized spacial score (nSPS) is 18.3. The van der Waals surface area contributed by atoms with Crippen molar-refractivity contribution in [1.29, 1.82) is 0 Å². The highest BCUT2D eigenvalue weighted by Crippen LogP contribution is 2.39. The molecule has 1 fully saturated rings. The van der Waals surface area contributed by atoms with Crippen LogP contribution < -0.4 is 0 Å². The molecular weight excluding hydrogens is 316 g/mol. The second-order valence-electron chi connectivity index (χ2n) is 7.83. The van der Waals surface area contributed by atoms with Crippen molar-refractivity contribution in [3.63, 3.8) is 0 Å². The molecule has 1 heterocycles. The molecule has 0 amide bonds. The van der Waals surface area contributed by atoms with E-state index in [0.29, 0.717) is 6.04 Å². The van der Waals surface area contributed by atoms with Gasteiger partial charge in [0.25, 0.3) is 0 Å². The van der Waals surface area contributed by atoms with Gasteiger partial charge in [-0.05, 0) is 62.1 Å². The van der Waals surface area contributed by atoms with Gasteiger partial charge < -0.3 is 0 Å². The summed E-state index contributed by atoms with van der Waals surface area (Å²) in [6.07, 6.45) is 6.42. The Labute approximate surface area is 155 Å². The van der Waals surface area contributed by atoms with E-state index < -0.39 is 0 Å². The van der Waals surface area contributed by atoms with Crippen LogP contribution in [0.15, 0.2) is 47.5 Å². The molecule has 2 nitrogen and oxygen atoms in total. The molecule has 0 unspecified atom stereocenters. The topological polar surface area (TPSA) is 25.2 Å². The monoisotopic (exact) mass is 340 g/mol. The molecule has 0 aliphatic heterocycles. The van der Waals surface area contributed by atoms with Crippen molar-refractivity contribution in [2.75, 3.05) is 0 Å². The fourth-order valence-corrected chi connectivity index (χ4v) is 4.39. The standard InChI is InChI=1S/C24H24N2/c1-15-12-19-20(13-16(15)2)24-21(14-17-8-6-7-11-22(17)26-24)23(19)25-18-9-4-3-5-10-18/h6-8,11-14,18H,3-5,9-10H2,1-2H3. The quantitative estimate of drug-likeness (QED) is 0.417. The number of benzene rings is 2. The molecule has 2 aliphatic carbocycles. The number of para-hydroxylation sites is 1. The van der Waals surface area contributed by atoms with Crippen molar-refractivity contribution in [3.05, 3.63) is 64.7 Å². The van der Waals surface area contributed by atoms with Crippen molar-refractivity contribution >= 4 is 16.6 Å². The van der Waals surface area contributed by atoms with Gasteiger partial charge in [-0.15, -0.1) is 0 Å². The second-order valence-corrected chi connectivity index (χ2v) is 7.83. The molecule has 26 heavy (non-hydrogen) atoms. The Morgan fingerprint density at radius 3 is 2.38 bits per heavy atom. The van der Waals surface area contributed by atoms with Crippen LogP contribution in [-0.2, 0) is 0 Å². The maximum Gasteiger partial charge on any atom is 0.0810 e. The predicted octanol–water partition coefficient (Wildman–Crippen LogP) is 6.00. The van der Waals surface area contributed by atoms with E-state index in [1.807, 2.05) is 0 Å². The van der Waals surface area contributed by atoms with E-state index in [-0.39, 0.29) is 0 Å². The number of hydrogen-bond acceptors (Lipinski definition) is 2. The van der Waals surface area contributed by atoms with Gasteiger partial charge in [0.2, 0.25) is 0 Å². The Morgan fingerprint density at radius 2 is 1.58 bits per heavy atom. The molecule has 130 valence electrons. The fraction of sp³-hybridized carbons (Fsp3) is 0.333. The van der Waals surface area contributed by atoms with Crippen molar-refractivity contribution in [1.82, 2.24) is 4.98 Å². The highest BCUT2D eigenvalue weighted by molar-refractivity contribution is 6.25. The third-order valence-corrected chi connectivity index (χ3v) is 6.01. The van der Waals surface area contributed by atoms with Gasteiger partial charge in [0.1, 0.15) is 0 Å². The molecule has 2 aliphatic rings. The van der Waals surface area contributed by atoms with Gasteiger partial charge >= 0.3 is 0 Å². The zero-order chi connectivity index (χ0) is 17.7. The summed E-state index contributed by atoms with van der Waals surface area (Å²) in [6.45, 7) is 4.38. The van der Waals surface area contributed by atoms with Crippen LogP contribution in [-0.4, -0.2) is 16.7 Å². The molecule has 5 rings (SSSR count). The fourth-order valence-electron chi connectivity index (χ4n) is 4.39. The van der Waals surface area contributed by atoms with Crippen LogP contribution in [0, 0.1) is 13.8 Å². The molecule has 0 N–H and O–H groups in total. The lowest BCUT2D eigenvalue weighted by molar-refractivity contribution is 0.444. The van der Waals surface area contributed by atoms with E-state index in [4.69, 9.17) is 9.98 Å². The third kappa shape index (κ3) is 2.47. The number of hydrogen-bond donors (Lipinski definition) is 0. The average molecular weight is 340 g/mol. The maximum atomic E-state index is 5.27. The zero-order valence-corrected chi connectivity index (χ0v) is 15.5. The first-order chi connectivity index (χ1) is 12.7. The minimum atomic E-state index is 0.464. The zero-order valence-electron chi connectivity index (χ0n) is 15.5. The summed E-state index contributed by atoms with van der Waals surface area (Å²) >= 11 is 0. The maximum absolute atomic E-state index is 5.27. The van der Waals surface area contributed by atoms with Gasteiger partial charge in [0.05, 0.1) is 23.0 Å². The van der Waals surface area contributed by atoms with Gasteiger partial charge in [-0.3, -0.25) is 4.99 Å². The lowest BCUT2D eigenvalue weighted by Gasteiger charge is -2.19. The minimum Gasteiger partial charge on any atom is -0.281 e. The van der Waals surface area contributed by atoms with Gasteiger partial charge in [0.15, 0.2) is 0 Å². The number of nitrogens with zero attached hydrogens (tertiary/aromatic N) is 2. The second kappa shape index (κ2) is 6.05. The highest BCUT2D eigenvalue weighted by Gasteiger charge is 2.28. The number of rotatable bonds is 1. The first-order valence-electron chi connectivity index (χ1n) is 9.80. The molecule has 0 radical (unpaired) electrons. The first-order valence-corrected chi connectivity index (χ1v) is 9.80. The van der Waals surface area contributed by atoms with Crippen molar-refractivity contribution in [2.24, 2.45) is 4.99 Å². The minimum absolute atomic E-state index is 0.464. The predicted molar refractivity (Wildman–Crippen MR) is 109 cm³/mol. The van der Waals surface area contributed by atoms with E-state index in [9.17, 15) is 0 Å². The van der Waals surface area contributed by atoms with Crippen molar-refractivity contribution in [3.8, 4) is 11.3 Å². The molecule has 2 heteroatoms. The van der Waals surface area contributed by atoms with Gasteiger partial charge in [0, 0.05) is 22.1 Å².